The van der Waals surface area contributed by atoms with Gasteiger partial charge in [0.05, 0.1) is 0 Å². The SMILES string of the molecule is Cc1ccccc1NC(=S)N1CCC(c2cc3cc(Cl)ccc3[nH]2)CC1. The van der Waals surface area contributed by atoms with E-state index >= 15 is 0 Å². The second-order valence-corrected chi connectivity index (χ2v) is 7.79. The number of benzene rings is 2. The van der Waals surface area contributed by atoms with Gasteiger partial charge in [0.1, 0.15) is 0 Å². The normalized spacial score (nSPS) is 15.4. The first-order chi connectivity index (χ1) is 12.6. The monoisotopic (exact) mass is 383 g/mol. The molecule has 0 atom stereocenters. The first-order valence-electron chi connectivity index (χ1n) is 9.00. The molecule has 0 aliphatic carbocycles. The number of nitrogens with one attached hydrogen (secondary N) is 2. The summed E-state index contributed by atoms with van der Waals surface area (Å²) in [5.74, 6) is 0.540. The highest BCUT2D eigenvalue weighted by molar-refractivity contribution is 7.80. The average Bonchev–Trinajstić information content (AvgIpc) is 3.07. The lowest BCUT2D eigenvalue weighted by molar-refractivity contribution is 0.314. The number of aromatic amines is 1. The number of likely N-dealkylation sites (tertiary alicyclic amines) is 1. The van der Waals surface area contributed by atoms with Crippen molar-refractivity contribution in [1.82, 2.24) is 9.88 Å². The van der Waals surface area contributed by atoms with Gasteiger partial charge >= 0.3 is 0 Å². The number of hydrogen-bond donors (Lipinski definition) is 2. The van der Waals surface area contributed by atoms with E-state index in [9.17, 15) is 0 Å². The third kappa shape index (κ3) is 3.57. The Morgan fingerprint density at radius 1 is 1.15 bits per heavy atom. The van der Waals surface area contributed by atoms with Gasteiger partial charge in [0.25, 0.3) is 0 Å². The van der Waals surface area contributed by atoms with E-state index in [1.165, 1.54) is 16.6 Å². The van der Waals surface area contributed by atoms with Crippen LogP contribution in [-0.4, -0.2) is 28.1 Å². The van der Waals surface area contributed by atoms with E-state index in [-0.39, 0.29) is 0 Å². The average molecular weight is 384 g/mol. The Labute approximate surface area is 164 Å². The molecule has 1 saturated heterocycles. The smallest absolute Gasteiger partial charge is 0.173 e. The molecule has 26 heavy (non-hydrogen) atoms. The number of fused-ring (bicyclic) bond motifs is 1. The maximum atomic E-state index is 6.10. The van der Waals surface area contributed by atoms with Crippen molar-refractivity contribution in [3.05, 3.63) is 64.8 Å². The third-order valence-electron chi connectivity index (χ3n) is 5.21. The number of piperidine rings is 1. The van der Waals surface area contributed by atoms with E-state index in [2.05, 4.69) is 46.4 Å². The van der Waals surface area contributed by atoms with Gasteiger partial charge in [0, 0.05) is 46.3 Å². The first-order valence-corrected chi connectivity index (χ1v) is 9.78. The quantitative estimate of drug-likeness (QED) is 0.556. The number of aryl methyl sites for hydroxylation is 1. The number of H-pyrrole nitrogens is 1. The van der Waals surface area contributed by atoms with Gasteiger partial charge in [-0.3, -0.25) is 0 Å². The highest BCUT2D eigenvalue weighted by Gasteiger charge is 2.23. The third-order valence-corrected chi connectivity index (χ3v) is 5.81. The molecule has 1 aliphatic heterocycles. The van der Waals surface area contributed by atoms with Crippen LogP contribution in [0, 0.1) is 6.92 Å². The highest BCUT2D eigenvalue weighted by Crippen LogP contribution is 2.31. The summed E-state index contributed by atoms with van der Waals surface area (Å²) in [7, 11) is 0. The molecule has 0 radical (unpaired) electrons. The van der Waals surface area contributed by atoms with E-state index in [0.717, 1.165) is 47.3 Å². The molecule has 4 rings (SSSR count). The van der Waals surface area contributed by atoms with Crippen LogP contribution in [0.25, 0.3) is 10.9 Å². The van der Waals surface area contributed by atoms with Crippen molar-refractivity contribution in [2.45, 2.75) is 25.7 Å². The Balaban J connectivity index is 1.40. The predicted molar refractivity (Wildman–Crippen MR) is 114 cm³/mol. The number of aromatic nitrogens is 1. The zero-order valence-electron chi connectivity index (χ0n) is 14.8. The molecule has 2 N–H and O–H groups in total. The second-order valence-electron chi connectivity index (χ2n) is 6.96. The van der Waals surface area contributed by atoms with Crippen LogP contribution in [0.5, 0.6) is 0 Å². The molecule has 1 fully saturated rings. The molecule has 2 heterocycles. The molecule has 0 spiro atoms. The van der Waals surface area contributed by atoms with Gasteiger partial charge in [-0.1, -0.05) is 29.8 Å². The largest absolute Gasteiger partial charge is 0.358 e. The molecular formula is C21H22ClN3S. The lowest BCUT2D eigenvalue weighted by Crippen LogP contribution is -2.40. The van der Waals surface area contributed by atoms with Gasteiger partial charge in [-0.05, 0) is 67.9 Å². The molecule has 3 nitrogen and oxygen atoms in total. The number of hydrogen-bond acceptors (Lipinski definition) is 1. The molecule has 3 aromatic rings. The van der Waals surface area contributed by atoms with Crippen LogP contribution in [0.2, 0.25) is 5.02 Å². The highest BCUT2D eigenvalue weighted by atomic mass is 35.5. The fourth-order valence-electron chi connectivity index (χ4n) is 3.65. The van der Waals surface area contributed by atoms with Crippen LogP contribution in [0.15, 0.2) is 48.5 Å². The Kier molecular flexibility index (Phi) is 4.88. The van der Waals surface area contributed by atoms with Gasteiger partial charge in [-0.15, -0.1) is 0 Å². The van der Waals surface area contributed by atoms with Gasteiger partial charge in [0.2, 0.25) is 0 Å². The summed E-state index contributed by atoms with van der Waals surface area (Å²) in [5, 5.41) is 6.19. The van der Waals surface area contributed by atoms with Gasteiger partial charge in [-0.2, -0.15) is 0 Å². The number of rotatable bonds is 2. The standard InChI is InChI=1S/C21H22ClN3S/c1-14-4-2-3-5-18(14)24-21(26)25-10-8-15(9-11-25)20-13-16-12-17(22)6-7-19(16)23-20/h2-7,12-13,15,23H,8-11H2,1H3,(H,24,26). The van der Waals surface area contributed by atoms with E-state index < -0.39 is 0 Å². The maximum absolute atomic E-state index is 6.10. The van der Waals surface area contributed by atoms with Crippen LogP contribution in [0.3, 0.4) is 0 Å². The summed E-state index contributed by atoms with van der Waals surface area (Å²) in [5.41, 5.74) is 4.76. The molecule has 1 aromatic heterocycles. The van der Waals surface area contributed by atoms with E-state index in [4.69, 9.17) is 23.8 Å². The first kappa shape index (κ1) is 17.4. The summed E-state index contributed by atoms with van der Waals surface area (Å²) in [4.78, 5) is 5.83. The summed E-state index contributed by atoms with van der Waals surface area (Å²) >= 11 is 11.7. The van der Waals surface area contributed by atoms with Crippen molar-refractivity contribution in [3.63, 3.8) is 0 Å². The number of halogens is 1. The number of anilines is 1. The topological polar surface area (TPSA) is 31.1 Å². The molecule has 5 heteroatoms. The van der Waals surface area contributed by atoms with Gasteiger partial charge in [0.15, 0.2) is 5.11 Å². The van der Waals surface area contributed by atoms with Crippen molar-refractivity contribution in [3.8, 4) is 0 Å². The van der Waals surface area contributed by atoms with Crippen molar-refractivity contribution >= 4 is 45.5 Å². The lowest BCUT2D eigenvalue weighted by atomic mass is 9.94. The number of para-hydroxylation sites is 1. The van der Waals surface area contributed by atoms with E-state index in [0.29, 0.717) is 5.92 Å². The second kappa shape index (κ2) is 7.29. The van der Waals surface area contributed by atoms with Crippen molar-refractivity contribution in [2.75, 3.05) is 18.4 Å². The molecule has 2 aromatic carbocycles. The van der Waals surface area contributed by atoms with Crippen LogP contribution >= 0.6 is 23.8 Å². The Hall–Kier alpha value is -2.04. The number of nitrogens with zero attached hydrogens (tertiary/aromatic N) is 1. The zero-order valence-corrected chi connectivity index (χ0v) is 16.3. The minimum atomic E-state index is 0.540. The summed E-state index contributed by atoms with van der Waals surface area (Å²) < 4.78 is 0. The van der Waals surface area contributed by atoms with E-state index in [1.54, 1.807) is 0 Å². The van der Waals surface area contributed by atoms with Crippen LogP contribution in [-0.2, 0) is 0 Å². The van der Waals surface area contributed by atoms with Crippen molar-refractivity contribution in [1.29, 1.82) is 0 Å². The van der Waals surface area contributed by atoms with Crippen molar-refractivity contribution in [2.24, 2.45) is 0 Å². The van der Waals surface area contributed by atoms with Crippen molar-refractivity contribution < 1.29 is 0 Å². The fourth-order valence-corrected chi connectivity index (χ4v) is 4.12. The zero-order chi connectivity index (χ0) is 18.1. The molecule has 0 saturated carbocycles. The van der Waals surface area contributed by atoms with Gasteiger partial charge in [-0.25, -0.2) is 0 Å². The Morgan fingerprint density at radius 2 is 1.92 bits per heavy atom. The lowest BCUT2D eigenvalue weighted by Gasteiger charge is -2.33. The molecule has 0 unspecified atom stereocenters. The predicted octanol–water partition coefficient (Wildman–Crippen LogP) is 5.71. The maximum Gasteiger partial charge on any atom is 0.173 e. The summed E-state index contributed by atoms with van der Waals surface area (Å²) in [6, 6.07) is 16.5. The molecular weight excluding hydrogens is 362 g/mol. The molecule has 134 valence electrons. The minimum absolute atomic E-state index is 0.540. The Morgan fingerprint density at radius 3 is 2.69 bits per heavy atom. The van der Waals surface area contributed by atoms with Crippen LogP contribution < -0.4 is 5.32 Å². The fraction of sp³-hybridized carbons (Fsp3) is 0.286. The van der Waals surface area contributed by atoms with Crippen LogP contribution in [0.1, 0.15) is 30.0 Å². The summed E-state index contributed by atoms with van der Waals surface area (Å²) in [6.07, 6.45) is 2.19. The molecule has 1 aliphatic rings. The molecule has 0 amide bonds. The van der Waals surface area contributed by atoms with Crippen LogP contribution in [0.4, 0.5) is 5.69 Å². The number of thiocarbonyl (C=S) groups is 1. The molecule has 0 bridgehead atoms. The minimum Gasteiger partial charge on any atom is -0.358 e. The van der Waals surface area contributed by atoms with E-state index in [1.807, 2.05) is 24.3 Å². The van der Waals surface area contributed by atoms with Gasteiger partial charge < -0.3 is 15.2 Å². The Bertz CT molecular complexity index is 941. The summed E-state index contributed by atoms with van der Waals surface area (Å²) in [6.45, 7) is 4.04.